The van der Waals surface area contributed by atoms with Crippen molar-refractivity contribution in [2.45, 2.75) is 26.2 Å². The van der Waals surface area contributed by atoms with E-state index in [1.807, 2.05) is 37.3 Å². The molecule has 0 fully saturated rings. The van der Waals surface area contributed by atoms with Gasteiger partial charge in [-0.05, 0) is 18.9 Å². The van der Waals surface area contributed by atoms with Gasteiger partial charge in [0.05, 0.1) is 0 Å². The van der Waals surface area contributed by atoms with E-state index in [4.69, 9.17) is 10.9 Å². The number of benzene rings is 1. The highest BCUT2D eigenvalue weighted by atomic mass is 16.4. The summed E-state index contributed by atoms with van der Waals surface area (Å²) in [4.78, 5) is 13.8. The van der Waals surface area contributed by atoms with Gasteiger partial charge in [0.1, 0.15) is 5.84 Å². The fraction of sp³-hybridized carbons (Fsp3) is 0.429. The van der Waals surface area contributed by atoms with Crippen molar-refractivity contribution in [3.63, 3.8) is 0 Å². The molecule has 3 N–H and O–H groups in total. The largest absolute Gasteiger partial charge is 0.409 e. The van der Waals surface area contributed by atoms with Crippen LogP contribution in [0.1, 0.15) is 25.3 Å². The predicted molar refractivity (Wildman–Crippen MR) is 75.0 cm³/mol. The monoisotopic (exact) mass is 263 g/mol. The first-order chi connectivity index (χ1) is 9.17. The molecule has 5 heteroatoms. The summed E-state index contributed by atoms with van der Waals surface area (Å²) >= 11 is 0. The number of amidine groups is 1. The lowest BCUT2D eigenvalue weighted by molar-refractivity contribution is -0.130. The molecule has 0 aliphatic rings. The molecule has 1 rings (SSSR count). The first-order valence-corrected chi connectivity index (χ1v) is 6.45. The second-order valence-corrected chi connectivity index (χ2v) is 4.30. The van der Waals surface area contributed by atoms with Crippen molar-refractivity contribution in [2.24, 2.45) is 10.9 Å². The Morgan fingerprint density at radius 3 is 2.58 bits per heavy atom. The summed E-state index contributed by atoms with van der Waals surface area (Å²) in [6, 6.07) is 9.92. The molecule has 1 aromatic rings. The van der Waals surface area contributed by atoms with E-state index in [1.165, 1.54) is 0 Å². The second kappa shape index (κ2) is 8.13. The Balaban J connectivity index is 2.41. The van der Waals surface area contributed by atoms with Gasteiger partial charge in [-0.25, -0.2) is 0 Å². The lowest BCUT2D eigenvalue weighted by atomic mass is 10.1. The maximum atomic E-state index is 12.0. The van der Waals surface area contributed by atoms with E-state index < -0.39 is 0 Å². The van der Waals surface area contributed by atoms with Crippen LogP contribution in [-0.2, 0) is 11.2 Å². The summed E-state index contributed by atoms with van der Waals surface area (Å²) in [5, 5.41) is 11.4. The topological polar surface area (TPSA) is 78.9 Å². The molecule has 5 nitrogen and oxygen atoms in total. The van der Waals surface area contributed by atoms with Crippen LogP contribution >= 0.6 is 0 Å². The van der Waals surface area contributed by atoms with E-state index in [0.717, 1.165) is 12.0 Å². The molecule has 0 spiro atoms. The molecule has 1 aromatic carbocycles. The Kier molecular flexibility index (Phi) is 6.43. The summed E-state index contributed by atoms with van der Waals surface area (Å²) in [5.74, 6) is 0.242. The molecule has 0 saturated heterocycles. The van der Waals surface area contributed by atoms with Gasteiger partial charge in [0, 0.05) is 25.9 Å². The van der Waals surface area contributed by atoms with Gasteiger partial charge in [0.15, 0.2) is 0 Å². The van der Waals surface area contributed by atoms with Crippen LogP contribution < -0.4 is 5.73 Å². The molecule has 0 atom stereocenters. The van der Waals surface area contributed by atoms with Crippen LogP contribution in [0.3, 0.4) is 0 Å². The summed E-state index contributed by atoms with van der Waals surface area (Å²) in [7, 11) is 0. The molecule has 0 unspecified atom stereocenters. The van der Waals surface area contributed by atoms with Crippen molar-refractivity contribution < 1.29 is 10.0 Å². The molecule has 0 heterocycles. The molecule has 104 valence electrons. The van der Waals surface area contributed by atoms with Gasteiger partial charge in [0.25, 0.3) is 0 Å². The van der Waals surface area contributed by atoms with E-state index in [0.29, 0.717) is 25.9 Å². The number of nitrogens with two attached hydrogens (primary N) is 1. The molecule has 0 aromatic heterocycles. The fourth-order valence-electron chi connectivity index (χ4n) is 1.81. The zero-order chi connectivity index (χ0) is 14.1. The minimum atomic E-state index is 0.0945. The van der Waals surface area contributed by atoms with Crippen molar-refractivity contribution in [2.75, 3.05) is 13.1 Å². The lowest BCUT2D eigenvalue weighted by Crippen LogP contribution is -2.34. The Morgan fingerprint density at radius 1 is 1.32 bits per heavy atom. The van der Waals surface area contributed by atoms with Crippen LogP contribution in [0.5, 0.6) is 0 Å². The number of aryl methyl sites for hydroxylation is 1. The standard InChI is InChI=1S/C14H21N3O2/c1-2-17(11-10-13(15)16-19)14(18)9-8-12-6-4-3-5-7-12/h3-7,19H,2,8-11H2,1H3,(H2,15,16). The van der Waals surface area contributed by atoms with Gasteiger partial charge in [0.2, 0.25) is 5.91 Å². The summed E-state index contributed by atoms with van der Waals surface area (Å²) in [6.07, 6.45) is 1.61. The molecular weight excluding hydrogens is 242 g/mol. The van der Waals surface area contributed by atoms with E-state index >= 15 is 0 Å². The number of nitrogens with zero attached hydrogens (tertiary/aromatic N) is 2. The summed E-state index contributed by atoms with van der Waals surface area (Å²) in [5.41, 5.74) is 6.56. The van der Waals surface area contributed by atoms with Crippen molar-refractivity contribution >= 4 is 11.7 Å². The van der Waals surface area contributed by atoms with Crippen LogP contribution in [-0.4, -0.2) is 34.9 Å². The normalized spacial score (nSPS) is 11.3. The molecular formula is C14H21N3O2. The number of oxime groups is 1. The number of hydrogen-bond donors (Lipinski definition) is 2. The number of amides is 1. The zero-order valence-corrected chi connectivity index (χ0v) is 11.2. The Bertz CT molecular complexity index is 418. The highest BCUT2D eigenvalue weighted by molar-refractivity contribution is 5.81. The third kappa shape index (κ3) is 5.42. The van der Waals surface area contributed by atoms with Crippen LogP contribution in [0, 0.1) is 0 Å². The zero-order valence-electron chi connectivity index (χ0n) is 11.2. The number of carbonyl (C=O) groups is 1. The molecule has 19 heavy (non-hydrogen) atoms. The van der Waals surface area contributed by atoms with Crippen LogP contribution in [0.4, 0.5) is 0 Å². The fourth-order valence-corrected chi connectivity index (χ4v) is 1.81. The molecule has 1 amide bonds. The minimum absolute atomic E-state index is 0.0945. The number of rotatable bonds is 7. The van der Waals surface area contributed by atoms with Gasteiger partial charge in [-0.1, -0.05) is 35.5 Å². The van der Waals surface area contributed by atoms with E-state index in [-0.39, 0.29) is 11.7 Å². The Labute approximate surface area is 113 Å². The summed E-state index contributed by atoms with van der Waals surface area (Å²) < 4.78 is 0. The van der Waals surface area contributed by atoms with Gasteiger partial charge < -0.3 is 15.8 Å². The molecule has 0 aliphatic carbocycles. The Morgan fingerprint density at radius 2 is 2.00 bits per heavy atom. The van der Waals surface area contributed by atoms with Gasteiger partial charge in [-0.15, -0.1) is 0 Å². The van der Waals surface area contributed by atoms with E-state index in [9.17, 15) is 4.79 Å². The minimum Gasteiger partial charge on any atom is -0.409 e. The Hall–Kier alpha value is -2.04. The first kappa shape index (κ1) is 15.0. The molecule has 0 aliphatic heterocycles. The molecule has 0 saturated carbocycles. The smallest absolute Gasteiger partial charge is 0.222 e. The average molecular weight is 263 g/mol. The van der Waals surface area contributed by atoms with Gasteiger partial charge in [-0.3, -0.25) is 4.79 Å². The summed E-state index contributed by atoms with van der Waals surface area (Å²) in [6.45, 7) is 3.04. The number of carbonyl (C=O) groups excluding carboxylic acids is 1. The molecule has 0 bridgehead atoms. The van der Waals surface area contributed by atoms with Crippen molar-refractivity contribution in [3.8, 4) is 0 Å². The second-order valence-electron chi connectivity index (χ2n) is 4.30. The quantitative estimate of drug-likeness (QED) is 0.339. The third-order valence-electron chi connectivity index (χ3n) is 2.97. The van der Waals surface area contributed by atoms with Crippen molar-refractivity contribution in [1.29, 1.82) is 0 Å². The van der Waals surface area contributed by atoms with Crippen LogP contribution in [0.2, 0.25) is 0 Å². The van der Waals surface area contributed by atoms with Gasteiger partial charge >= 0.3 is 0 Å². The maximum Gasteiger partial charge on any atom is 0.222 e. The van der Waals surface area contributed by atoms with E-state index in [2.05, 4.69) is 5.16 Å². The highest BCUT2D eigenvalue weighted by Crippen LogP contribution is 2.05. The van der Waals surface area contributed by atoms with Crippen molar-refractivity contribution in [1.82, 2.24) is 4.90 Å². The lowest BCUT2D eigenvalue weighted by Gasteiger charge is -2.20. The third-order valence-corrected chi connectivity index (χ3v) is 2.97. The van der Waals surface area contributed by atoms with Gasteiger partial charge in [-0.2, -0.15) is 0 Å². The molecule has 0 radical (unpaired) electrons. The maximum absolute atomic E-state index is 12.0. The average Bonchev–Trinajstić information content (AvgIpc) is 2.46. The predicted octanol–water partition coefficient (Wildman–Crippen LogP) is 1.60. The highest BCUT2D eigenvalue weighted by Gasteiger charge is 2.11. The van der Waals surface area contributed by atoms with E-state index in [1.54, 1.807) is 4.90 Å². The van der Waals surface area contributed by atoms with Crippen LogP contribution in [0.25, 0.3) is 0 Å². The SMILES string of the molecule is CCN(CCC(N)=NO)C(=O)CCc1ccccc1. The number of hydrogen-bond acceptors (Lipinski definition) is 3. The van der Waals surface area contributed by atoms with Crippen molar-refractivity contribution in [3.05, 3.63) is 35.9 Å². The van der Waals surface area contributed by atoms with Crippen LogP contribution in [0.15, 0.2) is 35.5 Å². The first-order valence-electron chi connectivity index (χ1n) is 6.45.